The minimum absolute atomic E-state index is 0.0361. The maximum Gasteiger partial charge on any atom is 0.243 e. The lowest BCUT2D eigenvalue weighted by molar-refractivity contribution is -0.142. The zero-order chi connectivity index (χ0) is 25.0. The summed E-state index contributed by atoms with van der Waals surface area (Å²) in [5.41, 5.74) is 2.12. The first-order valence-corrected chi connectivity index (χ1v) is 12.9. The van der Waals surface area contributed by atoms with Crippen molar-refractivity contribution < 1.29 is 19.1 Å². The minimum Gasteiger partial charge on any atom is -0.497 e. The molecule has 1 saturated carbocycles. The van der Waals surface area contributed by atoms with Gasteiger partial charge in [-0.15, -0.1) is 0 Å². The number of aryl methyl sites for hydroxylation is 1. The van der Waals surface area contributed by atoms with Crippen molar-refractivity contribution in [1.29, 1.82) is 0 Å². The molecule has 0 bridgehead atoms. The molecule has 2 aromatic carbocycles. The zero-order valence-corrected chi connectivity index (χ0v) is 21.4. The number of ether oxygens (including phenoxy) is 2. The molecule has 6 nitrogen and oxygen atoms in total. The Morgan fingerprint density at radius 3 is 2.49 bits per heavy atom. The molecule has 0 saturated heterocycles. The third-order valence-electron chi connectivity index (χ3n) is 6.65. The number of carbonyl (C=O) groups excluding carboxylic acids is 2. The third-order valence-corrected chi connectivity index (χ3v) is 6.65. The van der Waals surface area contributed by atoms with Gasteiger partial charge in [0.2, 0.25) is 11.8 Å². The number of hydrogen-bond donors (Lipinski definition) is 1. The van der Waals surface area contributed by atoms with Gasteiger partial charge in [-0.1, -0.05) is 56.0 Å². The molecule has 0 aromatic heterocycles. The van der Waals surface area contributed by atoms with E-state index in [-0.39, 0.29) is 17.9 Å². The van der Waals surface area contributed by atoms with Gasteiger partial charge in [-0.3, -0.25) is 9.59 Å². The Morgan fingerprint density at radius 2 is 1.80 bits per heavy atom. The van der Waals surface area contributed by atoms with Crippen molar-refractivity contribution >= 4 is 11.8 Å². The quantitative estimate of drug-likeness (QED) is 0.412. The normalized spacial score (nSPS) is 14.7. The largest absolute Gasteiger partial charge is 0.497 e. The first-order chi connectivity index (χ1) is 17.0. The van der Waals surface area contributed by atoms with Crippen LogP contribution in [0, 0.1) is 6.92 Å². The zero-order valence-electron chi connectivity index (χ0n) is 21.4. The lowest BCUT2D eigenvalue weighted by Gasteiger charge is -2.33. The van der Waals surface area contributed by atoms with Gasteiger partial charge in [0.05, 0.1) is 13.7 Å². The van der Waals surface area contributed by atoms with Crippen LogP contribution in [0.15, 0.2) is 48.5 Å². The molecule has 3 rings (SSSR count). The number of nitrogens with one attached hydrogen (secondary N) is 1. The molecule has 1 aliphatic carbocycles. The van der Waals surface area contributed by atoms with Crippen LogP contribution < -0.4 is 14.8 Å². The average molecular weight is 481 g/mol. The Balaban J connectivity index is 1.66. The van der Waals surface area contributed by atoms with E-state index in [0.29, 0.717) is 32.4 Å². The second kappa shape index (κ2) is 13.8. The van der Waals surface area contributed by atoms with Crippen LogP contribution in [0.25, 0.3) is 0 Å². The van der Waals surface area contributed by atoms with E-state index in [2.05, 4.69) is 5.32 Å². The van der Waals surface area contributed by atoms with E-state index in [9.17, 15) is 9.59 Å². The van der Waals surface area contributed by atoms with Crippen LogP contribution >= 0.6 is 0 Å². The highest BCUT2D eigenvalue weighted by Gasteiger charge is 2.30. The van der Waals surface area contributed by atoms with Gasteiger partial charge in [-0.25, -0.2) is 0 Å². The fourth-order valence-corrected chi connectivity index (χ4v) is 4.62. The molecule has 6 heteroatoms. The standard InChI is InChI=1S/C29H40N2O4/c1-4-27(29(33)30-24-11-6-5-7-12-24)31(21-23-10-8-13-26(20-23)34-3)28(32)14-9-19-35-25-17-15-22(2)16-18-25/h8,10,13,15-18,20,24,27H,4-7,9,11-12,14,19,21H2,1-3H3,(H,30,33). The maximum absolute atomic E-state index is 13.4. The predicted molar refractivity (Wildman–Crippen MR) is 139 cm³/mol. The summed E-state index contributed by atoms with van der Waals surface area (Å²) in [7, 11) is 1.63. The monoisotopic (exact) mass is 480 g/mol. The van der Waals surface area contributed by atoms with Crippen molar-refractivity contribution in [2.24, 2.45) is 0 Å². The summed E-state index contributed by atoms with van der Waals surface area (Å²) < 4.78 is 11.2. The highest BCUT2D eigenvalue weighted by atomic mass is 16.5. The van der Waals surface area contributed by atoms with E-state index >= 15 is 0 Å². The van der Waals surface area contributed by atoms with E-state index < -0.39 is 6.04 Å². The van der Waals surface area contributed by atoms with Gasteiger partial charge in [0.25, 0.3) is 0 Å². The Hall–Kier alpha value is -3.02. The summed E-state index contributed by atoms with van der Waals surface area (Å²) in [5.74, 6) is 1.45. The van der Waals surface area contributed by atoms with E-state index in [4.69, 9.17) is 9.47 Å². The predicted octanol–water partition coefficient (Wildman–Crippen LogP) is 5.42. The fraction of sp³-hybridized carbons (Fsp3) is 0.517. The van der Waals surface area contributed by atoms with Crippen molar-refractivity contribution in [3.8, 4) is 11.5 Å². The van der Waals surface area contributed by atoms with E-state index in [0.717, 1.165) is 42.7 Å². The molecule has 1 aliphatic rings. The Kier molecular flexibility index (Phi) is 10.5. The van der Waals surface area contributed by atoms with Gasteiger partial charge < -0.3 is 19.7 Å². The number of benzene rings is 2. The Labute approximate surface area is 210 Å². The number of methoxy groups -OCH3 is 1. The van der Waals surface area contributed by atoms with Gasteiger partial charge in [0.15, 0.2) is 0 Å². The molecule has 0 aliphatic heterocycles. The van der Waals surface area contributed by atoms with Crippen molar-refractivity contribution in [3.05, 3.63) is 59.7 Å². The molecule has 1 unspecified atom stereocenters. The van der Waals surface area contributed by atoms with Crippen molar-refractivity contribution in [2.45, 2.75) is 83.8 Å². The molecule has 1 fully saturated rings. The SMILES string of the molecule is CCC(C(=O)NC1CCCCC1)N(Cc1cccc(OC)c1)C(=O)CCCOc1ccc(C)cc1. The highest BCUT2D eigenvalue weighted by Crippen LogP contribution is 2.21. The molecule has 1 N–H and O–H groups in total. The van der Waals surface area contributed by atoms with Gasteiger partial charge in [-0.2, -0.15) is 0 Å². The van der Waals surface area contributed by atoms with Crippen LogP contribution in [0.4, 0.5) is 0 Å². The molecule has 2 aromatic rings. The van der Waals surface area contributed by atoms with Crippen LogP contribution in [-0.2, 0) is 16.1 Å². The highest BCUT2D eigenvalue weighted by molar-refractivity contribution is 5.87. The molecule has 1 atom stereocenters. The van der Waals surface area contributed by atoms with Crippen LogP contribution in [0.2, 0.25) is 0 Å². The second-order valence-electron chi connectivity index (χ2n) is 9.41. The van der Waals surface area contributed by atoms with E-state index in [1.54, 1.807) is 12.0 Å². The number of nitrogens with zero attached hydrogens (tertiary/aromatic N) is 1. The summed E-state index contributed by atoms with van der Waals surface area (Å²) in [5, 5.41) is 3.22. The van der Waals surface area contributed by atoms with Gasteiger partial charge in [-0.05, 0) is 62.4 Å². The van der Waals surface area contributed by atoms with Crippen LogP contribution in [0.3, 0.4) is 0 Å². The minimum atomic E-state index is -0.506. The number of hydrogen-bond acceptors (Lipinski definition) is 4. The summed E-state index contributed by atoms with van der Waals surface area (Å²) in [6, 6.07) is 15.3. The van der Waals surface area contributed by atoms with Gasteiger partial charge >= 0.3 is 0 Å². The van der Waals surface area contributed by atoms with Crippen LogP contribution in [-0.4, -0.2) is 42.5 Å². The third kappa shape index (κ3) is 8.30. The van der Waals surface area contributed by atoms with Crippen molar-refractivity contribution in [2.75, 3.05) is 13.7 Å². The van der Waals surface area contributed by atoms with Crippen LogP contribution in [0.1, 0.15) is 69.4 Å². The summed E-state index contributed by atoms with van der Waals surface area (Å²) in [6.07, 6.45) is 7.03. The van der Waals surface area contributed by atoms with Gasteiger partial charge in [0, 0.05) is 19.0 Å². The topological polar surface area (TPSA) is 67.9 Å². The lowest BCUT2D eigenvalue weighted by Crippen LogP contribution is -2.51. The molecule has 2 amide bonds. The summed E-state index contributed by atoms with van der Waals surface area (Å²) in [4.78, 5) is 28.4. The van der Waals surface area contributed by atoms with Crippen molar-refractivity contribution in [3.63, 3.8) is 0 Å². The first kappa shape index (κ1) is 26.6. The Morgan fingerprint density at radius 1 is 1.06 bits per heavy atom. The number of amides is 2. The molecule has 0 radical (unpaired) electrons. The second-order valence-corrected chi connectivity index (χ2v) is 9.41. The molecule has 190 valence electrons. The van der Waals surface area contributed by atoms with E-state index in [1.165, 1.54) is 12.0 Å². The average Bonchev–Trinajstić information content (AvgIpc) is 2.88. The maximum atomic E-state index is 13.4. The summed E-state index contributed by atoms with van der Waals surface area (Å²) in [6.45, 7) is 4.82. The number of carbonyl (C=O) groups is 2. The summed E-state index contributed by atoms with van der Waals surface area (Å²) >= 11 is 0. The lowest BCUT2D eigenvalue weighted by atomic mass is 9.95. The Bertz CT molecular complexity index is 938. The molecule has 35 heavy (non-hydrogen) atoms. The number of rotatable bonds is 12. The molecular formula is C29H40N2O4. The first-order valence-electron chi connectivity index (χ1n) is 12.9. The van der Waals surface area contributed by atoms with Crippen molar-refractivity contribution in [1.82, 2.24) is 10.2 Å². The van der Waals surface area contributed by atoms with Gasteiger partial charge in [0.1, 0.15) is 17.5 Å². The van der Waals surface area contributed by atoms with Crippen LogP contribution in [0.5, 0.6) is 11.5 Å². The molecular weight excluding hydrogens is 440 g/mol. The molecule has 0 spiro atoms. The smallest absolute Gasteiger partial charge is 0.243 e. The van der Waals surface area contributed by atoms with E-state index in [1.807, 2.05) is 62.4 Å². The fourth-order valence-electron chi connectivity index (χ4n) is 4.62. The molecule has 0 heterocycles.